The molecule has 0 amide bonds. The van der Waals surface area contributed by atoms with Crippen LogP contribution in [0.4, 0.5) is 0 Å². The van der Waals surface area contributed by atoms with Crippen LogP contribution in [0.25, 0.3) is 0 Å². The molecule has 30 heavy (non-hydrogen) atoms. The summed E-state index contributed by atoms with van der Waals surface area (Å²) in [5.41, 5.74) is 1.56. The van der Waals surface area contributed by atoms with Gasteiger partial charge in [0.25, 0.3) is 0 Å². The zero-order valence-electron chi connectivity index (χ0n) is 15.8. The molecule has 2 aliphatic rings. The van der Waals surface area contributed by atoms with E-state index in [-0.39, 0.29) is 17.1 Å². The number of benzene rings is 2. The highest BCUT2D eigenvalue weighted by atomic mass is 16.7. The fraction of sp³-hybridized carbons (Fsp3) is 0.381. The molecular formula is C21H22O9. The van der Waals surface area contributed by atoms with Crippen molar-refractivity contribution in [3.05, 3.63) is 59.2 Å². The number of carbonyl (C=O) groups is 1. The molecule has 0 aromatic heterocycles. The molecule has 0 bridgehead atoms. The summed E-state index contributed by atoms with van der Waals surface area (Å²) >= 11 is 0. The van der Waals surface area contributed by atoms with Crippen LogP contribution < -0.4 is 4.74 Å². The van der Waals surface area contributed by atoms with Gasteiger partial charge >= 0.3 is 5.97 Å². The van der Waals surface area contributed by atoms with Crippen LogP contribution in [0.5, 0.6) is 11.5 Å². The molecule has 1 saturated heterocycles. The molecule has 9 heteroatoms. The van der Waals surface area contributed by atoms with Crippen molar-refractivity contribution in [1.29, 1.82) is 0 Å². The van der Waals surface area contributed by atoms with Crippen molar-refractivity contribution < 1.29 is 44.5 Å². The number of rotatable bonds is 4. The maximum Gasteiger partial charge on any atom is 0.342 e. The van der Waals surface area contributed by atoms with Crippen LogP contribution in [0.15, 0.2) is 42.5 Å². The first-order valence-electron chi connectivity index (χ1n) is 9.48. The van der Waals surface area contributed by atoms with Crippen LogP contribution >= 0.6 is 0 Å². The molecule has 0 aliphatic carbocycles. The number of esters is 1. The summed E-state index contributed by atoms with van der Waals surface area (Å²) in [6.07, 6.45) is -7.39. The predicted molar refractivity (Wildman–Crippen MR) is 101 cm³/mol. The minimum Gasteiger partial charge on any atom is -0.508 e. The topological polar surface area (TPSA) is 146 Å². The Balaban J connectivity index is 1.58. The van der Waals surface area contributed by atoms with Gasteiger partial charge < -0.3 is 39.7 Å². The lowest BCUT2D eigenvalue weighted by atomic mass is 9.94. The number of aliphatic hydroxyl groups excluding tert-OH is 4. The second kappa shape index (κ2) is 8.21. The van der Waals surface area contributed by atoms with E-state index in [9.17, 15) is 30.3 Å². The highest BCUT2D eigenvalue weighted by Crippen LogP contribution is 2.36. The van der Waals surface area contributed by atoms with Gasteiger partial charge in [-0.05, 0) is 29.3 Å². The Morgan fingerprint density at radius 1 is 1.00 bits per heavy atom. The molecule has 2 aromatic rings. The molecule has 9 nitrogen and oxygen atoms in total. The van der Waals surface area contributed by atoms with E-state index in [1.54, 1.807) is 24.3 Å². The molecule has 2 aromatic carbocycles. The quantitative estimate of drug-likeness (QED) is 0.434. The van der Waals surface area contributed by atoms with E-state index < -0.39 is 49.4 Å². The van der Waals surface area contributed by atoms with Gasteiger partial charge in [0.2, 0.25) is 6.29 Å². The van der Waals surface area contributed by atoms with E-state index >= 15 is 0 Å². The summed E-state index contributed by atoms with van der Waals surface area (Å²) in [6.45, 7) is -0.589. The number of hydrogen-bond acceptors (Lipinski definition) is 9. The van der Waals surface area contributed by atoms with E-state index in [1.807, 2.05) is 0 Å². The summed E-state index contributed by atoms with van der Waals surface area (Å²) in [4.78, 5) is 12.7. The number of ether oxygens (including phenoxy) is 3. The van der Waals surface area contributed by atoms with Gasteiger partial charge in [-0.1, -0.05) is 24.3 Å². The molecule has 0 saturated carbocycles. The van der Waals surface area contributed by atoms with Gasteiger partial charge in [0.05, 0.1) is 6.61 Å². The van der Waals surface area contributed by atoms with E-state index in [4.69, 9.17) is 14.2 Å². The fourth-order valence-electron chi connectivity index (χ4n) is 3.67. The normalized spacial score (nSPS) is 31.0. The molecule has 0 unspecified atom stereocenters. The largest absolute Gasteiger partial charge is 0.508 e. The van der Waals surface area contributed by atoms with Crippen LogP contribution in [-0.4, -0.2) is 68.8 Å². The molecule has 6 atom stereocenters. The smallest absolute Gasteiger partial charge is 0.342 e. The Bertz CT molecular complexity index is 911. The average molecular weight is 418 g/mol. The molecule has 0 spiro atoms. The van der Waals surface area contributed by atoms with Crippen molar-refractivity contribution in [3.8, 4) is 11.5 Å². The molecule has 0 radical (unpaired) electrons. The molecule has 160 valence electrons. The van der Waals surface area contributed by atoms with Crippen LogP contribution in [0.2, 0.25) is 0 Å². The third kappa shape index (κ3) is 3.73. The number of fused-ring (bicyclic) bond motifs is 1. The molecule has 4 rings (SSSR count). The molecule has 1 fully saturated rings. The summed E-state index contributed by atoms with van der Waals surface area (Å²) < 4.78 is 16.6. The zero-order chi connectivity index (χ0) is 21.4. The third-order valence-corrected chi connectivity index (χ3v) is 5.33. The van der Waals surface area contributed by atoms with Crippen molar-refractivity contribution in [2.45, 2.75) is 43.2 Å². The second-order valence-corrected chi connectivity index (χ2v) is 7.30. The van der Waals surface area contributed by atoms with E-state index in [2.05, 4.69) is 0 Å². The third-order valence-electron chi connectivity index (χ3n) is 5.33. The van der Waals surface area contributed by atoms with Crippen LogP contribution in [0.3, 0.4) is 0 Å². The Morgan fingerprint density at radius 2 is 1.73 bits per heavy atom. The van der Waals surface area contributed by atoms with Gasteiger partial charge in [0.1, 0.15) is 47.6 Å². The highest BCUT2D eigenvalue weighted by Gasteiger charge is 2.45. The van der Waals surface area contributed by atoms with Crippen molar-refractivity contribution in [3.63, 3.8) is 0 Å². The van der Waals surface area contributed by atoms with Crippen molar-refractivity contribution in [2.75, 3.05) is 6.61 Å². The van der Waals surface area contributed by atoms with Crippen molar-refractivity contribution in [2.24, 2.45) is 0 Å². The van der Waals surface area contributed by atoms with Crippen molar-refractivity contribution >= 4 is 5.97 Å². The van der Waals surface area contributed by atoms with Gasteiger partial charge in [-0.15, -0.1) is 0 Å². The zero-order valence-corrected chi connectivity index (χ0v) is 15.8. The minimum absolute atomic E-state index is 0.0889. The number of phenols is 1. The Morgan fingerprint density at radius 3 is 2.43 bits per heavy atom. The fourth-order valence-corrected chi connectivity index (χ4v) is 3.67. The SMILES string of the molecule is O=C1O[C@@H](c2ccc(O)cc2)Cc2cccc(O[C@@H]3O[C@H](CO)[C@@H](O)[C@H](O)[C@H]3O)c21. The Labute approximate surface area is 171 Å². The van der Waals surface area contributed by atoms with Gasteiger partial charge in [0.15, 0.2) is 0 Å². The molecule has 2 aliphatic heterocycles. The molecular weight excluding hydrogens is 396 g/mol. The van der Waals surface area contributed by atoms with E-state index in [1.165, 1.54) is 18.2 Å². The summed E-state index contributed by atoms with van der Waals surface area (Å²) in [5, 5.41) is 48.8. The van der Waals surface area contributed by atoms with Gasteiger partial charge in [0, 0.05) is 6.42 Å². The summed E-state index contributed by atoms with van der Waals surface area (Å²) in [6, 6.07) is 11.3. The average Bonchev–Trinajstić information content (AvgIpc) is 2.74. The van der Waals surface area contributed by atoms with Crippen LogP contribution in [0.1, 0.15) is 27.6 Å². The number of aliphatic hydroxyl groups is 4. The minimum atomic E-state index is -1.59. The predicted octanol–water partition coefficient (Wildman–Crippen LogP) is 0.0251. The Kier molecular flexibility index (Phi) is 5.63. The van der Waals surface area contributed by atoms with E-state index in [0.717, 1.165) is 5.56 Å². The monoisotopic (exact) mass is 418 g/mol. The maximum absolute atomic E-state index is 12.7. The Hall–Kier alpha value is -2.69. The summed E-state index contributed by atoms with van der Waals surface area (Å²) in [5.74, 6) is -0.433. The first-order valence-corrected chi connectivity index (χ1v) is 9.48. The van der Waals surface area contributed by atoms with Gasteiger partial charge in [-0.25, -0.2) is 4.79 Å². The first-order chi connectivity index (χ1) is 14.4. The number of hydrogen-bond donors (Lipinski definition) is 5. The lowest BCUT2D eigenvalue weighted by Gasteiger charge is -2.40. The van der Waals surface area contributed by atoms with Crippen molar-refractivity contribution in [1.82, 2.24) is 0 Å². The molecule has 5 N–H and O–H groups in total. The summed E-state index contributed by atoms with van der Waals surface area (Å²) in [7, 11) is 0. The van der Waals surface area contributed by atoms with Gasteiger partial charge in [-0.2, -0.15) is 0 Å². The number of carbonyl (C=O) groups excluding carboxylic acids is 1. The van der Waals surface area contributed by atoms with Crippen LogP contribution in [-0.2, 0) is 15.9 Å². The standard InChI is InChI=1S/C21H22O9/c22-9-15-17(24)18(25)19(26)21(30-15)29-13-3-1-2-11-8-14(28-20(27)16(11)13)10-4-6-12(23)7-5-10/h1-7,14-15,17-19,21-26H,8-9H2/t14-,15-,17-,18+,19-,21-/m1/s1. The number of cyclic esters (lactones) is 1. The number of aromatic hydroxyl groups is 1. The lowest BCUT2D eigenvalue weighted by Crippen LogP contribution is -2.60. The van der Waals surface area contributed by atoms with E-state index in [0.29, 0.717) is 12.0 Å². The van der Waals surface area contributed by atoms with Crippen LogP contribution in [0, 0.1) is 0 Å². The highest BCUT2D eigenvalue weighted by molar-refractivity contribution is 5.95. The molecule has 2 heterocycles. The van der Waals surface area contributed by atoms with Gasteiger partial charge in [-0.3, -0.25) is 0 Å². The number of phenolic OH excluding ortho intramolecular Hbond substituents is 1. The maximum atomic E-state index is 12.7. The lowest BCUT2D eigenvalue weighted by molar-refractivity contribution is -0.277. The second-order valence-electron chi connectivity index (χ2n) is 7.30. The first kappa shape index (κ1) is 20.6.